The Morgan fingerprint density at radius 1 is 0.737 bits per heavy atom. The highest BCUT2D eigenvalue weighted by Gasteiger charge is 2.47. The number of aliphatic hydroxyl groups excluding tert-OH is 1. The fourth-order valence-corrected chi connectivity index (χ4v) is 6.53. The van der Waals surface area contributed by atoms with Gasteiger partial charge in [0, 0.05) is 59.6 Å². The number of rotatable bonds is 5. The van der Waals surface area contributed by atoms with Crippen molar-refractivity contribution in [2.45, 2.75) is 43.4 Å². The van der Waals surface area contributed by atoms with Crippen molar-refractivity contribution in [3.8, 4) is 5.88 Å². The summed E-state index contributed by atoms with van der Waals surface area (Å²) in [4.78, 5) is 34.0. The normalized spacial score (nSPS) is 23.4. The Hall–Kier alpha value is -4.03. The van der Waals surface area contributed by atoms with Crippen molar-refractivity contribution in [1.29, 1.82) is 0 Å². The van der Waals surface area contributed by atoms with Gasteiger partial charge in [0.25, 0.3) is 0 Å². The number of carbonyl (C=O) groups is 2. The van der Waals surface area contributed by atoms with Crippen LogP contribution in [0.1, 0.15) is 60.1 Å². The number of Topliss-reactive ketones (excluding diaryl/α,β-unsaturated/α-hetero) is 2. The fraction of sp³-hybridized carbons (Fsp3) is 0.281. The minimum atomic E-state index is -0.669. The maximum Gasteiger partial charge on any atom is 0.214 e. The first-order chi connectivity index (χ1) is 18.6. The van der Waals surface area contributed by atoms with Crippen LogP contribution in [0.2, 0.25) is 0 Å². The summed E-state index contributed by atoms with van der Waals surface area (Å²) in [6.45, 7) is 0.192. The van der Waals surface area contributed by atoms with Crippen LogP contribution in [0.5, 0.6) is 5.88 Å². The summed E-state index contributed by atoms with van der Waals surface area (Å²) in [7, 11) is 0. The third kappa shape index (κ3) is 4.15. The molecule has 0 bridgehead atoms. The van der Waals surface area contributed by atoms with Crippen LogP contribution >= 0.6 is 0 Å². The van der Waals surface area contributed by atoms with Gasteiger partial charge in [0.15, 0.2) is 11.6 Å². The van der Waals surface area contributed by atoms with Crippen molar-refractivity contribution in [2.24, 2.45) is 0 Å². The average Bonchev–Trinajstić information content (AvgIpc) is 2.94. The zero-order valence-corrected chi connectivity index (χ0v) is 21.1. The van der Waals surface area contributed by atoms with Gasteiger partial charge in [-0.3, -0.25) is 9.59 Å². The number of ketones is 2. The van der Waals surface area contributed by atoms with E-state index in [4.69, 9.17) is 0 Å². The molecule has 6 rings (SSSR count). The standard InChI is InChI=1S/C32H30N2O4/c35-15-14-34-25-16-22(20-8-3-1-4-9-20)18-27(36)30(25)29(24-12-7-13-33-32(24)38)31-26(34)17-23(19-28(31)37)21-10-5-2-6-11-21/h1-13,22-23,29,35H,14-19H2,(H,33,38). The average molecular weight is 507 g/mol. The van der Waals surface area contributed by atoms with Gasteiger partial charge in [-0.05, 0) is 41.9 Å². The molecule has 38 heavy (non-hydrogen) atoms. The van der Waals surface area contributed by atoms with Gasteiger partial charge in [0.05, 0.1) is 6.61 Å². The van der Waals surface area contributed by atoms with Crippen LogP contribution in [0.15, 0.2) is 102 Å². The highest BCUT2D eigenvalue weighted by atomic mass is 16.3. The number of β-amino-alcohol motifs (C(OH)–C–C–N with tert-alkyl or cyclic N) is 1. The molecular weight excluding hydrogens is 476 g/mol. The largest absolute Gasteiger partial charge is 0.493 e. The van der Waals surface area contributed by atoms with Crippen molar-refractivity contribution in [3.63, 3.8) is 0 Å². The van der Waals surface area contributed by atoms with Gasteiger partial charge in [-0.15, -0.1) is 0 Å². The van der Waals surface area contributed by atoms with Gasteiger partial charge in [0.1, 0.15) is 0 Å². The smallest absolute Gasteiger partial charge is 0.214 e. The molecule has 6 heteroatoms. The van der Waals surface area contributed by atoms with Gasteiger partial charge >= 0.3 is 0 Å². The first kappa shape index (κ1) is 24.3. The third-order valence-corrected chi connectivity index (χ3v) is 8.19. The Morgan fingerprint density at radius 3 is 1.74 bits per heavy atom. The molecule has 0 spiro atoms. The van der Waals surface area contributed by atoms with Crippen molar-refractivity contribution in [1.82, 2.24) is 9.88 Å². The highest BCUT2D eigenvalue weighted by molar-refractivity contribution is 6.07. The van der Waals surface area contributed by atoms with Crippen LogP contribution in [-0.4, -0.2) is 44.8 Å². The fourth-order valence-electron chi connectivity index (χ4n) is 6.53. The van der Waals surface area contributed by atoms with E-state index in [1.807, 2.05) is 65.6 Å². The van der Waals surface area contributed by atoms with Crippen LogP contribution in [-0.2, 0) is 9.59 Å². The summed E-state index contributed by atoms with van der Waals surface area (Å²) < 4.78 is 0. The summed E-state index contributed by atoms with van der Waals surface area (Å²) in [5.41, 5.74) is 5.47. The Balaban J connectivity index is 1.53. The molecule has 0 amide bonds. The molecule has 3 aromatic rings. The molecule has 0 saturated heterocycles. The highest BCUT2D eigenvalue weighted by Crippen LogP contribution is 2.53. The van der Waals surface area contributed by atoms with Crippen molar-refractivity contribution >= 4 is 11.6 Å². The molecule has 1 aliphatic heterocycles. The molecule has 192 valence electrons. The summed E-state index contributed by atoms with van der Waals surface area (Å²) in [5, 5.41) is 20.9. The molecule has 2 unspecified atom stereocenters. The first-order valence-corrected chi connectivity index (χ1v) is 13.2. The summed E-state index contributed by atoms with van der Waals surface area (Å²) >= 11 is 0. The lowest BCUT2D eigenvalue weighted by molar-refractivity contribution is -0.117. The molecular formula is C32H30N2O4. The van der Waals surface area contributed by atoms with Crippen LogP contribution in [0.4, 0.5) is 0 Å². The summed E-state index contributed by atoms with van der Waals surface area (Å²) in [5.74, 6) is -0.891. The summed E-state index contributed by atoms with van der Waals surface area (Å²) in [6.07, 6.45) is 3.40. The first-order valence-electron chi connectivity index (χ1n) is 13.2. The zero-order valence-electron chi connectivity index (χ0n) is 21.1. The Labute approximate surface area is 222 Å². The van der Waals surface area contributed by atoms with Gasteiger partial charge in [0.2, 0.25) is 5.88 Å². The molecule has 1 aromatic heterocycles. The molecule has 6 nitrogen and oxygen atoms in total. The second-order valence-electron chi connectivity index (χ2n) is 10.3. The van der Waals surface area contributed by atoms with E-state index >= 15 is 0 Å². The van der Waals surface area contributed by atoms with Gasteiger partial charge in [-0.25, -0.2) is 4.98 Å². The SMILES string of the molecule is O=C1CC(c2ccccc2)CC2=C1C(c1cccnc1O)C1=C(CC(c3ccccc3)CC1=O)N2CCO. The van der Waals surface area contributed by atoms with Gasteiger partial charge in [-0.2, -0.15) is 0 Å². The number of aromatic hydroxyl groups is 1. The number of carbonyl (C=O) groups excluding carboxylic acids is 2. The van der Waals surface area contributed by atoms with Crippen LogP contribution in [0.3, 0.4) is 0 Å². The lowest BCUT2D eigenvalue weighted by Crippen LogP contribution is -2.42. The zero-order chi connectivity index (χ0) is 26.2. The molecule has 2 atom stereocenters. The van der Waals surface area contributed by atoms with Crippen LogP contribution in [0, 0.1) is 0 Å². The molecule has 2 aromatic carbocycles. The third-order valence-electron chi connectivity index (χ3n) is 8.19. The molecule has 0 fully saturated rings. The Morgan fingerprint density at radius 2 is 1.26 bits per heavy atom. The number of nitrogens with zero attached hydrogens (tertiary/aromatic N) is 2. The van der Waals surface area contributed by atoms with Crippen molar-refractivity contribution < 1.29 is 19.8 Å². The molecule has 0 radical (unpaired) electrons. The molecule has 2 N–H and O–H groups in total. The lowest BCUT2D eigenvalue weighted by Gasteiger charge is -2.46. The van der Waals surface area contributed by atoms with E-state index < -0.39 is 5.92 Å². The van der Waals surface area contributed by atoms with Crippen molar-refractivity contribution in [2.75, 3.05) is 13.2 Å². The number of hydrogen-bond donors (Lipinski definition) is 2. The Kier molecular flexibility index (Phi) is 6.42. The second kappa shape index (κ2) is 10.0. The Bertz CT molecular complexity index is 1360. The maximum atomic E-state index is 13.9. The van der Waals surface area contributed by atoms with E-state index in [1.165, 1.54) is 6.20 Å². The quantitative estimate of drug-likeness (QED) is 0.507. The number of aliphatic hydroxyl groups is 1. The van der Waals surface area contributed by atoms with E-state index in [1.54, 1.807) is 12.1 Å². The number of benzene rings is 2. The van der Waals surface area contributed by atoms with E-state index in [0.29, 0.717) is 48.9 Å². The minimum absolute atomic E-state index is 0.00171. The number of aromatic nitrogens is 1. The predicted octanol–water partition coefficient (Wildman–Crippen LogP) is 4.98. The number of hydrogen-bond acceptors (Lipinski definition) is 6. The molecule has 2 heterocycles. The van der Waals surface area contributed by atoms with E-state index in [-0.39, 0.29) is 35.9 Å². The molecule has 2 aliphatic carbocycles. The second-order valence-corrected chi connectivity index (χ2v) is 10.3. The lowest BCUT2D eigenvalue weighted by atomic mass is 9.67. The maximum absolute atomic E-state index is 13.9. The van der Waals surface area contributed by atoms with Crippen LogP contribution < -0.4 is 0 Å². The monoisotopic (exact) mass is 506 g/mol. The topological polar surface area (TPSA) is 90.7 Å². The van der Waals surface area contributed by atoms with E-state index in [2.05, 4.69) is 4.98 Å². The minimum Gasteiger partial charge on any atom is -0.493 e. The van der Waals surface area contributed by atoms with Gasteiger partial charge < -0.3 is 15.1 Å². The van der Waals surface area contributed by atoms with Gasteiger partial charge in [-0.1, -0.05) is 66.7 Å². The van der Waals surface area contributed by atoms with E-state index in [9.17, 15) is 19.8 Å². The predicted molar refractivity (Wildman–Crippen MR) is 143 cm³/mol. The number of allylic oxidation sites excluding steroid dienone is 4. The van der Waals surface area contributed by atoms with Crippen LogP contribution in [0.25, 0.3) is 0 Å². The molecule has 0 saturated carbocycles. The van der Waals surface area contributed by atoms with Crippen molar-refractivity contribution in [3.05, 3.63) is 118 Å². The van der Waals surface area contributed by atoms with E-state index in [0.717, 1.165) is 22.5 Å². The summed E-state index contributed by atoms with van der Waals surface area (Å²) in [6, 6.07) is 23.6. The molecule has 3 aliphatic rings. The number of pyridine rings is 1.